The third-order valence-corrected chi connectivity index (χ3v) is 5.39. The molecule has 0 saturated carbocycles. The van der Waals surface area contributed by atoms with Crippen LogP contribution in [0.25, 0.3) is 10.8 Å². The number of ether oxygens (including phenoxy) is 4. The van der Waals surface area contributed by atoms with Crippen LogP contribution < -0.4 is 14.8 Å². The Hall–Kier alpha value is -3.09. The second-order valence-corrected chi connectivity index (χ2v) is 7.60. The lowest BCUT2D eigenvalue weighted by Crippen LogP contribution is -2.45. The SMILES string of the molecule is COc1ccc(C2OCC(C)(C(=O)Nc3ccc(OC)c4ccccc34)CO2)cc1. The smallest absolute Gasteiger partial charge is 0.235 e. The molecule has 30 heavy (non-hydrogen) atoms. The van der Waals surface area contributed by atoms with Crippen molar-refractivity contribution >= 4 is 22.4 Å². The average molecular weight is 407 g/mol. The fourth-order valence-corrected chi connectivity index (χ4v) is 3.53. The molecule has 0 atom stereocenters. The third kappa shape index (κ3) is 3.84. The Morgan fingerprint density at radius 3 is 2.23 bits per heavy atom. The molecule has 1 fully saturated rings. The fraction of sp³-hybridized carbons (Fsp3) is 0.292. The molecule has 1 amide bonds. The number of fused-ring (bicyclic) bond motifs is 1. The minimum absolute atomic E-state index is 0.147. The Labute approximate surface area is 175 Å². The number of benzene rings is 3. The number of methoxy groups -OCH3 is 2. The molecule has 1 aliphatic rings. The number of hydrogen-bond acceptors (Lipinski definition) is 5. The summed E-state index contributed by atoms with van der Waals surface area (Å²) in [4.78, 5) is 13.1. The summed E-state index contributed by atoms with van der Waals surface area (Å²) >= 11 is 0. The van der Waals surface area contributed by atoms with Gasteiger partial charge in [0, 0.05) is 22.0 Å². The summed E-state index contributed by atoms with van der Waals surface area (Å²) in [7, 11) is 3.26. The lowest BCUT2D eigenvalue weighted by Gasteiger charge is -2.36. The summed E-state index contributed by atoms with van der Waals surface area (Å²) in [6.45, 7) is 2.35. The summed E-state index contributed by atoms with van der Waals surface area (Å²) in [6, 6.07) is 19.0. The van der Waals surface area contributed by atoms with Gasteiger partial charge in [0.25, 0.3) is 0 Å². The molecule has 0 aliphatic carbocycles. The first-order valence-electron chi connectivity index (χ1n) is 9.78. The van der Waals surface area contributed by atoms with Crippen LogP contribution in [-0.4, -0.2) is 33.3 Å². The quantitative estimate of drug-likeness (QED) is 0.672. The van der Waals surface area contributed by atoms with E-state index in [1.54, 1.807) is 14.2 Å². The van der Waals surface area contributed by atoms with Gasteiger partial charge >= 0.3 is 0 Å². The Kier molecular flexibility index (Phi) is 5.61. The van der Waals surface area contributed by atoms with Crippen LogP contribution in [0.2, 0.25) is 0 Å². The molecule has 3 aromatic carbocycles. The molecule has 0 unspecified atom stereocenters. The fourth-order valence-electron chi connectivity index (χ4n) is 3.53. The zero-order valence-corrected chi connectivity index (χ0v) is 17.3. The number of nitrogens with one attached hydrogen (secondary N) is 1. The van der Waals surface area contributed by atoms with Crippen molar-refractivity contribution < 1.29 is 23.7 Å². The monoisotopic (exact) mass is 407 g/mol. The van der Waals surface area contributed by atoms with Crippen molar-refractivity contribution in [2.45, 2.75) is 13.2 Å². The van der Waals surface area contributed by atoms with Gasteiger partial charge in [-0.05, 0) is 31.2 Å². The summed E-state index contributed by atoms with van der Waals surface area (Å²) in [5.41, 5.74) is 0.818. The van der Waals surface area contributed by atoms with Crippen LogP contribution in [-0.2, 0) is 14.3 Å². The van der Waals surface area contributed by atoms with Crippen molar-refractivity contribution in [3.8, 4) is 11.5 Å². The van der Waals surface area contributed by atoms with Gasteiger partial charge in [0.05, 0.1) is 32.8 Å². The van der Waals surface area contributed by atoms with Gasteiger partial charge in [-0.1, -0.05) is 36.4 Å². The Morgan fingerprint density at radius 2 is 1.60 bits per heavy atom. The summed E-state index contributed by atoms with van der Waals surface area (Å²) in [5, 5.41) is 4.91. The van der Waals surface area contributed by atoms with Crippen molar-refractivity contribution in [2.75, 3.05) is 32.8 Å². The molecular formula is C24H25NO5. The van der Waals surface area contributed by atoms with E-state index in [0.717, 1.165) is 33.5 Å². The van der Waals surface area contributed by atoms with Crippen molar-refractivity contribution in [2.24, 2.45) is 5.41 Å². The standard InChI is InChI=1S/C24H25NO5/c1-24(14-29-22(30-15-24)16-8-10-17(27-2)11-9-16)23(26)25-20-12-13-21(28-3)19-7-5-4-6-18(19)20/h4-13,22H,14-15H2,1-3H3,(H,25,26). The van der Waals surface area contributed by atoms with Crippen LogP contribution >= 0.6 is 0 Å². The number of carbonyl (C=O) groups is 1. The zero-order valence-electron chi connectivity index (χ0n) is 17.3. The maximum atomic E-state index is 13.1. The average Bonchev–Trinajstić information content (AvgIpc) is 2.80. The lowest BCUT2D eigenvalue weighted by molar-refractivity contribution is -0.226. The lowest BCUT2D eigenvalue weighted by atomic mass is 9.90. The first kappa shape index (κ1) is 20.2. The number of hydrogen-bond donors (Lipinski definition) is 1. The summed E-state index contributed by atoms with van der Waals surface area (Å²) < 4.78 is 22.4. The summed E-state index contributed by atoms with van der Waals surface area (Å²) in [5.74, 6) is 1.39. The molecule has 0 aromatic heterocycles. The maximum Gasteiger partial charge on any atom is 0.235 e. The highest BCUT2D eigenvalue weighted by Gasteiger charge is 2.40. The Bertz CT molecular complexity index is 1040. The molecule has 1 saturated heterocycles. The first-order valence-corrected chi connectivity index (χ1v) is 9.78. The highest BCUT2D eigenvalue weighted by Crippen LogP contribution is 2.35. The van der Waals surface area contributed by atoms with Crippen molar-refractivity contribution in [3.05, 3.63) is 66.2 Å². The number of amides is 1. The van der Waals surface area contributed by atoms with Crippen molar-refractivity contribution in [3.63, 3.8) is 0 Å². The van der Waals surface area contributed by atoms with Gasteiger partial charge in [-0.25, -0.2) is 0 Å². The predicted molar refractivity (Wildman–Crippen MR) is 115 cm³/mol. The normalized spacial score (nSPS) is 21.2. The summed E-state index contributed by atoms with van der Waals surface area (Å²) in [6.07, 6.45) is -0.501. The Balaban J connectivity index is 1.47. The van der Waals surface area contributed by atoms with Crippen LogP contribution in [0.3, 0.4) is 0 Å². The van der Waals surface area contributed by atoms with Gasteiger partial charge in [0.1, 0.15) is 11.5 Å². The minimum atomic E-state index is -0.802. The molecule has 1 heterocycles. The van der Waals surface area contributed by atoms with Crippen molar-refractivity contribution in [1.82, 2.24) is 0 Å². The molecule has 6 heteroatoms. The van der Waals surface area contributed by atoms with Gasteiger partial charge in [-0.15, -0.1) is 0 Å². The van der Waals surface area contributed by atoms with E-state index in [9.17, 15) is 4.79 Å². The molecule has 0 bridgehead atoms. The van der Waals surface area contributed by atoms with Crippen molar-refractivity contribution in [1.29, 1.82) is 0 Å². The largest absolute Gasteiger partial charge is 0.497 e. The molecule has 1 N–H and O–H groups in total. The maximum absolute atomic E-state index is 13.1. The topological polar surface area (TPSA) is 66.0 Å². The molecule has 156 valence electrons. The van der Waals surface area contributed by atoms with E-state index in [1.165, 1.54) is 0 Å². The number of rotatable bonds is 5. The predicted octanol–water partition coefficient (Wildman–Crippen LogP) is 4.55. The molecule has 0 radical (unpaired) electrons. The molecule has 0 spiro atoms. The molecule has 1 aliphatic heterocycles. The van der Waals surface area contributed by atoms with E-state index >= 15 is 0 Å². The van der Waals surface area contributed by atoms with E-state index in [2.05, 4.69) is 5.32 Å². The van der Waals surface area contributed by atoms with E-state index in [0.29, 0.717) is 0 Å². The van der Waals surface area contributed by atoms with Gasteiger partial charge in [0.2, 0.25) is 5.91 Å². The molecular weight excluding hydrogens is 382 g/mol. The van der Waals surface area contributed by atoms with Crippen LogP contribution in [0.4, 0.5) is 5.69 Å². The highest BCUT2D eigenvalue weighted by molar-refractivity contribution is 6.05. The van der Waals surface area contributed by atoms with Gasteiger partial charge in [-0.2, -0.15) is 0 Å². The number of anilines is 1. The van der Waals surface area contributed by atoms with Crippen LogP contribution in [0.5, 0.6) is 11.5 Å². The molecule has 6 nitrogen and oxygen atoms in total. The van der Waals surface area contributed by atoms with E-state index in [4.69, 9.17) is 18.9 Å². The van der Waals surface area contributed by atoms with Crippen LogP contribution in [0.15, 0.2) is 60.7 Å². The zero-order chi connectivity index (χ0) is 21.1. The van der Waals surface area contributed by atoms with E-state index < -0.39 is 11.7 Å². The second-order valence-electron chi connectivity index (χ2n) is 7.60. The third-order valence-electron chi connectivity index (χ3n) is 5.39. The van der Waals surface area contributed by atoms with Crippen LogP contribution in [0.1, 0.15) is 18.8 Å². The molecule has 4 rings (SSSR count). The minimum Gasteiger partial charge on any atom is -0.497 e. The van der Waals surface area contributed by atoms with Crippen LogP contribution in [0, 0.1) is 5.41 Å². The highest BCUT2D eigenvalue weighted by atomic mass is 16.7. The number of carbonyl (C=O) groups excluding carboxylic acids is 1. The van der Waals surface area contributed by atoms with Gasteiger partial charge in [0.15, 0.2) is 6.29 Å². The molecule has 3 aromatic rings. The van der Waals surface area contributed by atoms with E-state index in [1.807, 2.05) is 67.6 Å². The van der Waals surface area contributed by atoms with E-state index in [-0.39, 0.29) is 19.1 Å². The first-order chi connectivity index (χ1) is 14.5. The Morgan fingerprint density at radius 1 is 0.933 bits per heavy atom. The van der Waals surface area contributed by atoms with Gasteiger partial charge < -0.3 is 24.3 Å². The second kappa shape index (κ2) is 8.34. The van der Waals surface area contributed by atoms with Gasteiger partial charge in [-0.3, -0.25) is 4.79 Å².